The Balaban J connectivity index is 0.00000312. The molecule has 1 unspecified atom stereocenters. The van der Waals surface area contributed by atoms with Gasteiger partial charge in [0.1, 0.15) is 5.75 Å². The van der Waals surface area contributed by atoms with Crippen LogP contribution in [-0.4, -0.2) is 60.0 Å². The first-order valence-corrected chi connectivity index (χ1v) is 8.60. The Labute approximate surface area is 168 Å². The highest BCUT2D eigenvalue weighted by molar-refractivity contribution is 14.0. The molecule has 1 aliphatic rings. The van der Waals surface area contributed by atoms with Crippen molar-refractivity contribution < 1.29 is 9.47 Å². The Morgan fingerprint density at radius 3 is 2.80 bits per heavy atom. The average molecular weight is 462 g/mol. The van der Waals surface area contributed by atoms with Crippen LogP contribution in [0.25, 0.3) is 0 Å². The smallest absolute Gasteiger partial charge is 0.190 e. The summed E-state index contributed by atoms with van der Waals surface area (Å²) in [6.45, 7) is 4.65. The quantitative estimate of drug-likeness (QED) is 0.269. The molecule has 0 saturated carbocycles. The van der Waals surface area contributed by atoms with E-state index < -0.39 is 0 Å². The van der Waals surface area contributed by atoms with Crippen LogP contribution in [0.3, 0.4) is 0 Å². The molecule has 2 N–H and O–H groups in total. The van der Waals surface area contributed by atoms with Crippen molar-refractivity contribution in [3.63, 3.8) is 0 Å². The monoisotopic (exact) mass is 462 g/mol. The first-order valence-electron chi connectivity index (χ1n) is 8.60. The number of halogens is 1. The summed E-state index contributed by atoms with van der Waals surface area (Å²) in [5, 5.41) is 6.74. The zero-order valence-electron chi connectivity index (χ0n) is 15.5. The molecule has 1 saturated heterocycles. The van der Waals surface area contributed by atoms with Crippen molar-refractivity contribution in [2.75, 3.05) is 59.0 Å². The van der Waals surface area contributed by atoms with E-state index in [-0.39, 0.29) is 24.0 Å². The SMILES string of the molecule is CN=C(NCCCOC)NCC1CCN(c2ccccc2OC)C1.I. The summed E-state index contributed by atoms with van der Waals surface area (Å²) in [6.07, 6.45) is 2.15. The lowest BCUT2D eigenvalue weighted by molar-refractivity contribution is 0.195. The summed E-state index contributed by atoms with van der Waals surface area (Å²) in [4.78, 5) is 6.67. The average Bonchev–Trinajstić information content (AvgIpc) is 3.10. The molecule has 1 atom stereocenters. The van der Waals surface area contributed by atoms with Gasteiger partial charge in [0, 0.05) is 46.9 Å². The molecule has 0 radical (unpaired) electrons. The van der Waals surface area contributed by atoms with E-state index in [0.29, 0.717) is 5.92 Å². The van der Waals surface area contributed by atoms with Crippen molar-refractivity contribution in [1.82, 2.24) is 10.6 Å². The van der Waals surface area contributed by atoms with Crippen LogP contribution < -0.4 is 20.3 Å². The lowest BCUT2D eigenvalue weighted by Crippen LogP contribution is -2.40. The second-order valence-electron chi connectivity index (χ2n) is 6.00. The number of nitrogens with zero attached hydrogens (tertiary/aromatic N) is 2. The van der Waals surface area contributed by atoms with E-state index in [1.165, 1.54) is 12.1 Å². The molecule has 0 aromatic heterocycles. The van der Waals surface area contributed by atoms with E-state index in [9.17, 15) is 0 Å². The molecule has 25 heavy (non-hydrogen) atoms. The summed E-state index contributed by atoms with van der Waals surface area (Å²) in [7, 11) is 5.26. The third kappa shape index (κ3) is 6.89. The minimum Gasteiger partial charge on any atom is -0.495 e. The van der Waals surface area contributed by atoms with Crippen LogP contribution in [0, 0.1) is 5.92 Å². The van der Waals surface area contributed by atoms with Crippen molar-refractivity contribution in [2.24, 2.45) is 10.9 Å². The number of rotatable bonds is 8. The predicted molar refractivity (Wildman–Crippen MR) is 115 cm³/mol. The molecule has 0 aliphatic carbocycles. The Kier molecular flexibility index (Phi) is 10.6. The number of hydrogen-bond acceptors (Lipinski definition) is 4. The normalized spacial score (nSPS) is 17.2. The molecule has 0 amide bonds. The summed E-state index contributed by atoms with van der Waals surface area (Å²) in [5.41, 5.74) is 1.18. The minimum absolute atomic E-state index is 0. The van der Waals surface area contributed by atoms with E-state index >= 15 is 0 Å². The molecule has 0 bridgehead atoms. The molecule has 6 nitrogen and oxygen atoms in total. The van der Waals surface area contributed by atoms with Gasteiger partial charge < -0.3 is 25.0 Å². The first-order chi connectivity index (χ1) is 11.8. The Morgan fingerprint density at radius 1 is 1.28 bits per heavy atom. The Bertz CT molecular complexity index is 528. The van der Waals surface area contributed by atoms with Gasteiger partial charge >= 0.3 is 0 Å². The van der Waals surface area contributed by atoms with Gasteiger partial charge in [0.2, 0.25) is 0 Å². The Hall–Kier alpha value is -1.22. The lowest BCUT2D eigenvalue weighted by atomic mass is 10.1. The van der Waals surface area contributed by atoms with Crippen LogP contribution in [0.2, 0.25) is 0 Å². The zero-order valence-corrected chi connectivity index (χ0v) is 17.8. The van der Waals surface area contributed by atoms with Gasteiger partial charge in [-0.05, 0) is 30.9 Å². The summed E-state index contributed by atoms with van der Waals surface area (Å²) >= 11 is 0. The fourth-order valence-electron chi connectivity index (χ4n) is 2.99. The molecule has 142 valence electrons. The standard InChI is InChI=1S/C18H30N4O2.HI/c1-19-18(20-10-6-12-23-2)21-13-15-9-11-22(14-15)16-7-4-5-8-17(16)24-3;/h4-5,7-8,15H,6,9-14H2,1-3H3,(H2,19,20,21);1H. The van der Waals surface area contributed by atoms with Gasteiger partial charge in [0.25, 0.3) is 0 Å². The van der Waals surface area contributed by atoms with Crippen LogP contribution in [-0.2, 0) is 4.74 Å². The van der Waals surface area contributed by atoms with Crippen molar-refractivity contribution in [2.45, 2.75) is 12.8 Å². The van der Waals surface area contributed by atoms with Gasteiger partial charge in [-0.1, -0.05) is 12.1 Å². The van der Waals surface area contributed by atoms with Gasteiger partial charge in [-0.2, -0.15) is 0 Å². The van der Waals surface area contributed by atoms with Crippen molar-refractivity contribution in [3.8, 4) is 5.75 Å². The van der Waals surface area contributed by atoms with Gasteiger partial charge in [0.05, 0.1) is 12.8 Å². The largest absolute Gasteiger partial charge is 0.495 e. The number of anilines is 1. The highest BCUT2D eigenvalue weighted by Crippen LogP contribution is 2.31. The Morgan fingerprint density at radius 2 is 2.08 bits per heavy atom. The van der Waals surface area contributed by atoms with Gasteiger partial charge in [-0.25, -0.2) is 0 Å². The number of hydrogen-bond donors (Lipinski definition) is 2. The number of benzene rings is 1. The lowest BCUT2D eigenvalue weighted by Gasteiger charge is -2.21. The highest BCUT2D eigenvalue weighted by Gasteiger charge is 2.24. The molecule has 0 spiro atoms. The zero-order chi connectivity index (χ0) is 17.2. The minimum atomic E-state index is 0. The number of nitrogens with one attached hydrogen (secondary N) is 2. The number of ether oxygens (including phenoxy) is 2. The third-order valence-corrected chi connectivity index (χ3v) is 4.31. The topological polar surface area (TPSA) is 58.1 Å². The van der Waals surface area contributed by atoms with E-state index in [0.717, 1.165) is 50.9 Å². The van der Waals surface area contributed by atoms with Gasteiger partial charge in [-0.15, -0.1) is 24.0 Å². The van der Waals surface area contributed by atoms with E-state index in [1.54, 1.807) is 21.3 Å². The molecular weight excluding hydrogens is 431 g/mol. The molecular formula is C18H31IN4O2. The van der Waals surface area contributed by atoms with Gasteiger partial charge in [0.15, 0.2) is 5.96 Å². The van der Waals surface area contributed by atoms with Crippen molar-refractivity contribution in [3.05, 3.63) is 24.3 Å². The predicted octanol–water partition coefficient (Wildman–Crippen LogP) is 2.34. The van der Waals surface area contributed by atoms with E-state index in [4.69, 9.17) is 9.47 Å². The first kappa shape index (κ1) is 21.8. The van der Waals surface area contributed by atoms with Gasteiger partial charge in [-0.3, -0.25) is 4.99 Å². The maximum atomic E-state index is 5.48. The molecule has 1 fully saturated rings. The van der Waals surface area contributed by atoms with Crippen molar-refractivity contribution in [1.29, 1.82) is 0 Å². The van der Waals surface area contributed by atoms with Crippen LogP contribution in [0.1, 0.15) is 12.8 Å². The molecule has 1 aliphatic heterocycles. The maximum absolute atomic E-state index is 5.48. The molecule has 1 aromatic rings. The molecule has 2 rings (SSSR count). The fraction of sp³-hybridized carbons (Fsp3) is 0.611. The second kappa shape index (κ2) is 12.2. The summed E-state index contributed by atoms with van der Waals surface area (Å²) in [6, 6.07) is 8.23. The van der Waals surface area contributed by atoms with E-state index in [2.05, 4.69) is 32.7 Å². The van der Waals surface area contributed by atoms with Crippen molar-refractivity contribution >= 4 is 35.6 Å². The molecule has 7 heteroatoms. The maximum Gasteiger partial charge on any atom is 0.190 e. The molecule has 1 heterocycles. The van der Waals surface area contributed by atoms with E-state index in [1.807, 2.05) is 12.1 Å². The number of guanidine groups is 1. The highest BCUT2D eigenvalue weighted by atomic mass is 127. The number of para-hydroxylation sites is 2. The van der Waals surface area contributed by atoms with Crippen LogP contribution in [0.4, 0.5) is 5.69 Å². The summed E-state index contributed by atoms with van der Waals surface area (Å²) < 4.78 is 10.5. The second-order valence-corrected chi connectivity index (χ2v) is 6.00. The number of aliphatic imine (C=N–C) groups is 1. The van der Waals surface area contributed by atoms with Crippen LogP contribution in [0.5, 0.6) is 5.75 Å². The number of methoxy groups -OCH3 is 2. The van der Waals surface area contributed by atoms with Crippen LogP contribution >= 0.6 is 24.0 Å². The molecule has 1 aromatic carbocycles. The van der Waals surface area contributed by atoms with Crippen LogP contribution in [0.15, 0.2) is 29.3 Å². The summed E-state index contributed by atoms with van der Waals surface area (Å²) in [5.74, 6) is 2.41. The fourth-order valence-corrected chi connectivity index (χ4v) is 2.99. The third-order valence-electron chi connectivity index (χ3n) is 4.31.